The van der Waals surface area contributed by atoms with Gasteiger partial charge in [0.05, 0.1) is 10.6 Å². The molecule has 0 aliphatic carbocycles. The average molecular weight is 312 g/mol. The molecule has 0 aliphatic heterocycles. The number of benzene rings is 1. The quantitative estimate of drug-likeness (QED) is 0.632. The van der Waals surface area contributed by atoms with E-state index in [1.54, 1.807) is 0 Å². The zero-order valence-corrected chi connectivity index (χ0v) is 14.4. The molecular weight excluding hydrogens is 288 g/mol. The first-order valence-corrected chi connectivity index (χ1v) is 8.81. The fourth-order valence-electron chi connectivity index (χ4n) is 3.05. The van der Waals surface area contributed by atoms with Crippen LogP contribution in [0.25, 0.3) is 21.5 Å². The highest BCUT2D eigenvalue weighted by molar-refractivity contribution is 7.15. The molecule has 0 radical (unpaired) electrons. The standard InChI is InChI=1S/C19H24N2S/c1-12-7-9-16-15(6-4-5-11-20)19(21-18(16)14(12)3)17-10-8-13(2)22-17/h7-10,21H,4-6,11,20H2,1-3H3. The number of unbranched alkanes of at least 4 members (excludes halogenated alkanes) is 1. The van der Waals surface area contributed by atoms with Gasteiger partial charge >= 0.3 is 0 Å². The molecule has 1 aromatic carbocycles. The van der Waals surface area contributed by atoms with Crippen molar-refractivity contribution in [3.05, 3.63) is 45.8 Å². The zero-order valence-electron chi connectivity index (χ0n) is 13.6. The Labute approximate surface area is 136 Å². The van der Waals surface area contributed by atoms with Crippen LogP contribution in [0.15, 0.2) is 24.3 Å². The third-order valence-electron chi connectivity index (χ3n) is 4.48. The Morgan fingerprint density at radius 2 is 1.86 bits per heavy atom. The van der Waals surface area contributed by atoms with Gasteiger partial charge in [0.2, 0.25) is 0 Å². The third kappa shape index (κ3) is 2.71. The fourth-order valence-corrected chi connectivity index (χ4v) is 3.94. The zero-order chi connectivity index (χ0) is 15.7. The molecule has 0 spiro atoms. The van der Waals surface area contributed by atoms with Gasteiger partial charge in [-0.05, 0) is 75.4 Å². The van der Waals surface area contributed by atoms with E-state index >= 15 is 0 Å². The normalized spacial score (nSPS) is 11.5. The lowest BCUT2D eigenvalue weighted by Crippen LogP contribution is -1.99. The number of aromatic nitrogens is 1. The van der Waals surface area contributed by atoms with Crippen LogP contribution in [0.1, 0.15) is 34.4 Å². The predicted octanol–water partition coefficient (Wildman–Crippen LogP) is 5.10. The molecule has 0 amide bonds. The molecule has 3 rings (SSSR count). The molecule has 0 bridgehead atoms. The van der Waals surface area contributed by atoms with Crippen LogP contribution in [0, 0.1) is 20.8 Å². The van der Waals surface area contributed by atoms with E-state index in [1.165, 1.54) is 43.0 Å². The Bertz CT molecular complexity index is 795. The number of rotatable bonds is 5. The first-order chi connectivity index (χ1) is 10.6. The highest BCUT2D eigenvalue weighted by Gasteiger charge is 2.16. The number of aromatic amines is 1. The highest BCUT2D eigenvalue weighted by atomic mass is 32.1. The maximum Gasteiger partial charge on any atom is 0.0598 e. The molecule has 0 saturated heterocycles. The summed E-state index contributed by atoms with van der Waals surface area (Å²) in [6, 6.07) is 8.95. The summed E-state index contributed by atoms with van der Waals surface area (Å²) in [5.41, 5.74) is 12.4. The summed E-state index contributed by atoms with van der Waals surface area (Å²) in [5.74, 6) is 0. The first-order valence-electron chi connectivity index (χ1n) is 7.99. The second-order valence-corrected chi connectivity index (χ2v) is 7.35. The van der Waals surface area contributed by atoms with Gasteiger partial charge in [-0.25, -0.2) is 0 Å². The number of fused-ring (bicyclic) bond motifs is 1. The third-order valence-corrected chi connectivity index (χ3v) is 5.50. The molecule has 0 aliphatic rings. The minimum Gasteiger partial charge on any atom is -0.353 e. The molecule has 0 atom stereocenters. The summed E-state index contributed by atoms with van der Waals surface area (Å²) in [6.07, 6.45) is 3.32. The summed E-state index contributed by atoms with van der Waals surface area (Å²) < 4.78 is 0. The molecule has 22 heavy (non-hydrogen) atoms. The average Bonchev–Trinajstić information content (AvgIpc) is 3.08. The van der Waals surface area contributed by atoms with Gasteiger partial charge in [-0.3, -0.25) is 0 Å². The minimum atomic E-state index is 0.772. The molecule has 116 valence electrons. The SMILES string of the molecule is Cc1ccc(-c2[nH]c3c(C)c(C)ccc3c2CCCCN)s1. The van der Waals surface area contributed by atoms with Gasteiger partial charge < -0.3 is 10.7 Å². The van der Waals surface area contributed by atoms with Crippen molar-refractivity contribution < 1.29 is 0 Å². The van der Waals surface area contributed by atoms with E-state index in [0.29, 0.717) is 0 Å². The van der Waals surface area contributed by atoms with Gasteiger partial charge in [-0.2, -0.15) is 0 Å². The number of thiophene rings is 1. The molecule has 2 nitrogen and oxygen atoms in total. The summed E-state index contributed by atoms with van der Waals surface area (Å²) in [6.45, 7) is 7.33. The van der Waals surface area contributed by atoms with E-state index in [1.807, 2.05) is 11.3 Å². The van der Waals surface area contributed by atoms with Crippen molar-refractivity contribution in [2.45, 2.75) is 40.0 Å². The maximum absolute atomic E-state index is 5.67. The van der Waals surface area contributed by atoms with Crippen molar-refractivity contribution in [2.24, 2.45) is 5.73 Å². The van der Waals surface area contributed by atoms with E-state index in [2.05, 4.69) is 50.0 Å². The van der Waals surface area contributed by atoms with Crippen LogP contribution >= 0.6 is 11.3 Å². The van der Waals surface area contributed by atoms with Crippen LogP contribution in [-0.2, 0) is 6.42 Å². The van der Waals surface area contributed by atoms with Crippen molar-refractivity contribution in [3.63, 3.8) is 0 Å². The van der Waals surface area contributed by atoms with E-state index in [4.69, 9.17) is 5.73 Å². The van der Waals surface area contributed by atoms with Crippen LogP contribution in [-0.4, -0.2) is 11.5 Å². The molecule has 2 aromatic heterocycles. The Hall–Kier alpha value is -1.58. The van der Waals surface area contributed by atoms with Gasteiger partial charge in [0.1, 0.15) is 0 Å². The van der Waals surface area contributed by atoms with Gasteiger partial charge in [-0.15, -0.1) is 11.3 Å². The molecule has 0 unspecified atom stereocenters. The lowest BCUT2D eigenvalue weighted by Gasteiger charge is -2.04. The topological polar surface area (TPSA) is 41.8 Å². The lowest BCUT2D eigenvalue weighted by atomic mass is 10.0. The Morgan fingerprint density at radius 1 is 1.05 bits per heavy atom. The number of H-pyrrole nitrogens is 1. The smallest absolute Gasteiger partial charge is 0.0598 e. The maximum atomic E-state index is 5.67. The highest BCUT2D eigenvalue weighted by Crippen LogP contribution is 2.36. The van der Waals surface area contributed by atoms with Crippen LogP contribution in [0.2, 0.25) is 0 Å². The number of nitrogens with two attached hydrogens (primary N) is 1. The monoisotopic (exact) mass is 312 g/mol. The van der Waals surface area contributed by atoms with E-state index in [0.717, 1.165) is 25.8 Å². The fraction of sp³-hybridized carbons (Fsp3) is 0.368. The van der Waals surface area contributed by atoms with Crippen LogP contribution in [0.5, 0.6) is 0 Å². The second-order valence-electron chi connectivity index (χ2n) is 6.06. The van der Waals surface area contributed by atoms with Crippen molar-refractivity contribution >= 4 is 22.2 Å². The molecule has 3 heteroatoms. The molecule has 3 N–H and O–H groups in total. The summed E-state index contributed by atoms with van der Waals surface area (Å²) in [5, 5.41) is 1.38. The van der Waals surface area contributed by atoms with Crippen molar-refractivity contribution in [1.29, 1.82) is 0 Å². The Balaban J connectivity index is 2.16. The molecule has 0 saturated carbocycles. The molecule has 3 aromatic rings. The van der Waals surface area contributed by atoms with Crippen molar-refractivity contribution in [1.82, 2.24) is 4.98 Å². The van der Waals surface area contributed by atoms with E-state index in [-0.39, 0.29) is 0 Å². The molecular formula is C19H24N2S. The summed E-state index contributed by atoms with van der Waals surface area (Å²) >= 11 is 1.86. The lowest BCUT2D eigenvalue weighted by molar-refractivity contribution is 0.748. The number of hydrogen-bond acceptors (Lipinski definition) is 2. The molecule has 0 fully saturated rings. The van der Waals surface area contributed by atoms with Crippen LogP contribution < -0.4 is 5.73 Å². The van der Waals surface area contributed by atoms with Gasteiger partial charge in [0.15, 0.2) is 0 Å². The summed E-state index contributed by atoms with van der Waals surface area (Å²) in [4.78, 5) is 6.41. The van der Waals surface area contributed by atoms with Gasteiger partial charge in [-0.1, -0.05) is 12.1 Å². The summed E-state index contributed by atoms with van der Waals surface area (Å²) in [7, 11) is 0. The largest absolute Gasteiger partial charge is 0.353 e. The number of aryl methyl sites for hydroxylation is 4. The predicted molar refractivity (Wildman–Crippen MR) is 97.8 cm³/mol. The molecule has 2 heterocycles. The minimum absolute atomic E-state index is 0.772. The first kappa shape index (κ1) is 15.3. The van der Waals surface area contributed by atoms with Crippen LogP contribution in [0.3, 0.4) is 0 Å². The number of nitrogens with one attached hydrogen (secondary N) is 1. The second kappa shape index (κ2) is 6.27. The van der Waals surface area contributed by atoms with Crippen molar-refractivity contribution in [2.75, 3.05) is 6.54 Å². The Morgan fingerprint density at radius 3 is 2.55 bits per heavy atom. The van der Waals surface area contributed by atoms with Crippen molar-refractivity contribution in [3.8, 4) is 10.6 Å². The van der Waals surface area contributed by atoms with Gasteiger partial charge in [0, 0.05) is 15.8 Å². The van der Waals surface area contributed by atoms with E-state index < -0.39 is 0 Å². The number of hydrogen-bond donors (Lipinski definition) is 2. The van der Waals surface area contributed by atoms with Gasteiger partial charge in [0.25, 0.3) is 0 Å². The Kier molecular flexibility index (Phi) is 4.37. The van der Waals surface area contributed by atoms with E-state index in [9.17, 15) is 0 Å². The van der Waals surface area contributed by atoms with Crippen LogP contribution in [0.4, 0.5) is 0 Å².